The molecule has 2 unspecified atom stereocenters. The van der Waals surface area contributed by atoms with E-state index in [1.165, 1.54) is 5.69 Å². The highest BCUT2D eigenvalue weighted by Gasteiger charge is 2.32. The summed E-state index contributed by atoms with van der Waals surface area (Å²) in [6, 6.07) is 2.60. The van der Waals surface area contributed by atoms with Crippen LogP contribution in [-0.2, 0) is 6.54 Å². The van der Waals surface area contributed by atoms with Gasteiger partial charge in [0.05, 0.1) is 6.54 Å². The fraction of sp³-hybridized carbons (Fsp3) is 0.706. The molecule has 0 saturated carbocycles. The number of hydrogen-bond acceptors (Lipinski definition) is 3. The van der Waals surface area contributed by atoms with Crippen molar-refractivity contribution in [1.82, 2.24) is 14.4 Å². The maximum absolute atomic E-state index is 12.6. The van der Waals surface area contributed by atoms with Crippen molar-refractivity contribution in [2.45, 2.75) is 40.3 Å². The molecule has 1 aliphatic heterocycles. The number of hydrogen-bond donors (Lipinski definition) is 0. The van der Waals surface area contributed by atoms with Crippen molar-refractivity contribution in [3.8, 4) is 0 Å². The van der Waals surface area contributed by atoms with Crippen LogP contribution in [0.1, 0.15) is 35.6 Å². The Bertz CT molecular complexity index is 518. The Morgan fingerprint density at radius 3 is 2.48 bits per heavy atom. The van der Waals surface area contributed by atoms with E-state index in [4.69, 9.17) is 0 Å². The summed E-state index contributed by atoms with van der Waals surface area (Å²) in [4.78, 5) is 17.2. The molecule has 1 aliphatic rings. The van der Waals surface area contributed by atoms with Gasteiger partial charge in [-0.15, -0.1) is 0 Å². The summed E-state index contributed by atoms with van der Waals surface area (Å²) in [6.07, 6.45) is 0. The molecule has 1 fully saturated rings. The highest BCUT2D eigenvalue weighted by molar-refractivity contribution is 5.99. The molecule has 1 aromatic heterocycles. The van der Waals surface area contributed by atoms with Gasteiger partial charge in [0.25, 0.3) is 0 Å². The van der Waals surface area contributed by atoms with Gasteiger partial charge in [0.1, 0.15) is 0 Å². The van der Waals surface area contributed by atoms with E-state index in [0.29, 0.717) is 18.5 Å². The number of likely N-dealkylation sites (tertiary alicyclic amines) is 1. The van der Waals surface area contributed by atoms with Crippen LogP contribution in [0.15, 0.2) is 6.07 Å². The van der Waals surface area contributed by atoms with E-state index in [1.807, 2.05) is 6.07 Å². The van der Waals surface area contributed by atoms with Gasteiger partial charge >= 0.3 is 0 Å². The van der Waals surface area contributed by atoms with Gasteiger partial charge in [-0.25, -0.2) is 0 Å². The van der Waals surface area contributed by atoms with Gasteiger partial charge in [-0.3, -0.25) is 9.69 Å². The Hall–Kier alpha value is -1.13. The van der Waals surface area contributed by atoms with Crippen molar-refractivity contribution >= 4 is 5.78 Å². The number of likely N-dealkylation sites (N-methyl/N-ethyl adjacent to an activating group) is 1. The zero-order valence-corrected chi connectivity index (χ0v) is 14.3. The molecule has 2 atom stereocenters. The number of carbonyl (C=O) groups excluding carboxylic acids is 1. The van der Waals surface area contributed by atoms with Gasteiger partial charge in [-0.1, -0.05) is 6.92 Å². The molecule has 4 heteroatoms. The summed E-state index contributed by atoms with van der Waals surface area (Å²) in [5, 5.41) is 0. The summed E-state index contributed by atoms with van der Waals surface area (Å²) >= 11 is 0. The molecule has 0 N–H and O–H groups in total. The van der Waals surface area contributed by atoms with Crippen LogP contribution in [0.4, 0.5) is 0 Å². The normalized spacial score (nSPS) is 23.2. The van der Waals surface area contributed by atoms with E-state index in [0.717, 1.165) is 30.9 Å². The van der Waals surface area contributed by atoms with Crippen LogP contribution in [0.2, 0.25) is 0 Å². The van der Waals surface area contributed by atoms with Gasteiger partial charge in [0.15, 0.2) is 5.78 Å². The maximum Gasteiger partial charge on any atom is 0.178 e. The van der Waals surface area contributed by atoms with Gasteiger partial charge < -0.3 is 9.47 Å². The molecule has 0 radical (unpaired) electrons. The fourth-order valence-corrected chi connectivity index (χ4v) is 3.71. The number of aryl methyl sites for hydroxylation is 1. The minimum absolute atomic E-state index is 0.259. The van der Waals surface area contributed by atoms with E-state index < -0.39 is 0 Å². The molecular weight excluding hydrogens is 262 g/mol. The largest absolute Gasteiger partial charge is 0.349 e. The zero-order chi connectivity index (χ0) is 15.7. The first-order valence-corrected chi connectivity index (χ1v) is 7.93. The Balaban J connectivity index is 2.06. The predicted octanol–water partition coefficient (Wildman–Crippen LogP) is 2.19. The SMILES string of the molecule is CCn1c(C)cc(C(=O)CN2CC(C)C(N(C)C)C2)c1C. The molecule has 0 spiro atoms. The molecule has 4 nitrogen and oxygen atoms in total. The lowest BCUT2D eigenvalue weighted by Gasteiger charge is -2.22. The van der Waals surface area contributed by atoms with Gasteiger partial charge in [0, 0.05) is 42.6 Å². The molecule has 2 heterocycles. The summed E-state index contributed by atoms with van der Waals surface area (Å²) in [6.45, 7) is 12.0. The quantitative estimate of drug-likeness (QED) is 0.779. The average molecular weight is 291 g/mol. The Morgan fingerprint density at radius 1 is 1.33 bits per heavy atom. The molecule has 21 heavy (non-hydrogen) atoms. The molecule has 1 aromatic rings. The highest BCUT2D eigenvalue weighted by atomic mass is 16.1. The van der Waals surface area contributed by atoms with E-state index in [2.05, 4.69) is 56.2 Å². The number of ketones is 1. The van der Waals surface area contributed by atoms with Crippen LogP contribution in [0.25, 0.3) is 0 Å². The van der Waals surface area contributed by atoms with Crippen molar-refractivity contribution in [3.05, 3.63) is 23.0 Å². The third kappa shape index (κ3) is 3.22. The van der Waals surface area contributed by atoms with E-state index in [1.54, 1.807) is 0 Å². The average Bonchev–Trinajstić information content (AvgIpc) is 2.90. The van der Waals surface area contributed by atoms with Crippen molar-refractivity contribution in [2.24, 2.45) is 5.92 Å². The second-order valence-electron chi connectivity index (χ2n) is 6.65. The predicted molar refractivity (Wildman–Crippen MR) is 87.0 cm³/mol. The van der Waals surface area contributed by atoms with Gasteiger partial charge in [-0.2, -0.15) is 0 Å². The molecular formula is C17H29N3O. The third-order valence-corrected chi connectivity index (χ3v) is 4.87. The van der Waals surface area contributed by atoms with Crippen LogP contribution in [0.5, 0.6) is 0 Å². The number of Topliss-reactive ketones (excluding diaryl/α,β-unsaturated/α-hetero) is 1. The highest BCUT2D eigenvalue weighted by Crippen LogP contribution is 2.21. The molecule has 1 saturated heterocycles. The monoisotopic (exact) mass is 291 g/mol. The Morgan fingerprint density at radius 2 is 2.00 bits per heavy atom. The Labute approximate surface area is 128 Å². The van der Waals surface area contributed by atoms with Crippen LogP contribution < -0.4 is 0 Å². The van der Waals surface area contributed by atoms with Gasteiger partial charge in [0.2, 0.25) is 0 Å². The van der Waals surface area contributed by atoms with Crippen molar-refractivity contribution in [1.29, 1.82) is 0 Å². The topological polar surface area (TPSA) is 28.5 Å². The van der Waals surface area contributed by atoms with Crippen molar-refractivity contribution < 1.29 is 4.79 Å². The van der Waals surface area contributed by atoms with E-state index in [9.17, 15) is 4.79 Å². The lowest BCUT2D eigenvalue weighted by atomic mass is 10.1. The van der Waals surface area contributed by atoms with Crippen LogP contribution in [-0.4, -0.2) is 59.9 Å². The molecule has 0 aromatic carbocycles. The summed E-state index contributed by atoms with van der Waals surface area (Å²) < 4.78 is 2.21. The lowest BCUT2D eigenvalue weighted by molar-refractivity contribution is 0.0940. The van der Waals surface area contributed by atoms with E-state index >= 15 is 0 Å². The first-order valence-electron chi connectivity index (χ1n) is 7.93. The number of carbonyl (C=O) groups is 1. The second kappa shape index (κ2) is 6.32. The number of rotatable bonds is 5. The molecule has 0 aliphatic carbocycles. The smallest absolute Gasteiger partial charge is 0.178 e. The van der Waals surface area contributed by atoms with Crippen LogP contribution >= 0.6 is 0 Å². The number of aromatic nitrogens is 1. The molecule has 0 bridgehead atoms. The van der Waals surface area contributed by atoms with Crippen molar-refractivity contribution in [3.63, 3.8) is 0 Å². The van der Waals surface area contributed by atoms with Crippen molar-refractivity contribution in [2.75, 3.05) is 33.7 Å². The fourth-order valence-electron chi connectivity index (χ4n) is 3.71. The molecule has 118 valence electrons. The molecule has 0 amide bonds. The Kier molecular flexibility index (Phi) is 4.89. The van der Waals surface area contributed by atoms with Crippen LogP contribution in [0.3, 0.4) is 0 Å². The summed E-state index contributed by atoms with van der Waals surface area (Å²) in [5.41, 5.74) is 3.19. The standard InChI is InChI=1S/C17H29N3O/c1-7-20-13(3)8-15(14(20)4)17(21)11-19-9-12(2)16(10-19)18(5)6/h8,12,16H,7,9-11H2,1-6H3. The zero-order valence-electron chi connectivity index (χ0n) is 14.3. The first kappa shape index (κ1) is 16.2. The first-order chi connectivity index (χ1) is 9.85. The maximum atomic E-state index is 12.6. The minimum Gasteiger partial charge on any atom is -0.349 e. The number of nitrogens with zero attached hydrogens (tertiary/aromatic N) is 3. The second-order valence-corrected chi connectivity index (χ2v) is 6.65. The van der Waals surface area contributed by atoms with E-state index in [-0.39, 0.29) is 5.78 Å². The molecule has 2 rings (SSSR count). The lowest BCUT2D eigenvalue weighted by Crippen LogP contribution is -2.35. The van der Waals surface area contributed by atoms with Gasteiger partial charge in [-0.05, 0) is 46.9 Å². The summed E-state index contributed by atoms with van der Waals surface area (Å²) in [7, 11) is 4.25. The summed E-state index contributed by atoms with van der Waals surface area (Å²) in [5.74, 6) is 0.880. The van der Waals surface area contributed by atoms with Crippen LogP contribution in [0, 0.1) is 19.8 Å². The minimum atomic E-state index is 0.259. The third-order valence-electron chi connectivity index (χ3n) is 4.87.